The highest BCUT2D eigenvalue weighted by Crippen LogP contribution is 2.25. The first-order valence-corrected chi connectivity index (χ1v) is 8.42. The molecule has 2 aliphatic rings. The molecule has 0 saturated carbocycles. The van der Waals surface area contributed by atoms with Crippen LogP contribution in [0.25, 0.3) is 0 Å². The molecule has 0 radical (unpaired) electrons. The molecule has 1 unspecified atom stereocenters. The van der Waals surface area contributed by atoms with Gasteiger partial charge >= 0.3 is 0 Å². The summed E-state index contributed by atoms with van der Waals surface area (Å²) in [6, 6.07) is 2.93. The van der Waals surface area contributed by atoms with Crippen LogP contribution in [-0.4, -0.2) is 69.3 Å². The van der Waals surface area contributed by atoms with Gasteiger partial charge in [0.15, 0.2) is 12.0 Å². The van der Waals surface area contributed by atoms with Gasteiger partial charge in [-0.1, -0.05) is 0 Å². The predicted molar refractivity (Wildman–Crippen MR) is 73.7 cm³/mol. The van der Waals surface area contributed by atoms with Crippen molar-refractivity contribution in [3.63, 3.8) is 0 Å². The molecule has 7 nitrogen and oxygen atoms in total. The van der Waals surface area contributed by atoms with Gasteiger partial charge in [0.1, 0.15) is 0 Å². The third kappa shape index (κ3) is 2.89. The Labute approximate surface area is 123 Å². The molecule has 0 amide bonds. The van der Waals surface area contributed by atoms with E-state index in [-0.39, 0.29) is 16.9 Å². The molecule has 8 heteroatoms. The largest absolute Gasteiger partial charge is 0.440 e. The number of morpholine rings is 1. The molecule has 1 aromatic rings. The van der Waals surface area contributed by atoms with Gasteiger partial charge in [0.2, 0.25) is 5.09 Å². The molecule has 1 atom stereocenters. The quantitative estimate of drug-likeness (QED) is 0.738. The summed E-state index contributed by atoms with van der Waals surface area (Å²) in [6.07, 6.45) is 1.31. The van der Waals surface area contributed by atoms with Crippen molar-refractivity contribution < 1.29 is 22.4 Å². The van der Waals surface area contributed by atoms with Crippen molar-refractivity contribution >= 4 is 16.3 Å². The van der Waals surface area contributed by atoms with E-state index in [9.17, 15) is 13.2 Å². The number of hydrogen-bond donors (Lipinski definition) is 0. The lowest BCUT2D eigenvalue weighted by molar-refractivity contribution is 0.0196. The normalized spacial score (nSPS) is 25.2. The number of nitrogens with zero attached hydrogens (tertiary/aromatic N) is 2. The minimum absolute atomic E-state index is 0.0255. The Bertz CT molecular complexity index is 606. The predicted octanol–water partition coefficient (Wildman–Crippen LogP) is 0.187. The SMILES string of the molecule is O=Cc1ccc(S(=O)(=O)N2CCC(N3CCOCC3)C2)o1. The van der Waals surface area contributed by atoms with E-state index in [1.807, 2.05) is 0 Å². The Morgan fingerprint density at radius 2 is 1.95 bits per heavy atom. The van der Waals surface area contributed by atoms with Crippen molar-refractivity contribution in [3.8, 4) is 0 Å². The molecule has 0 aromatic carbocycles. The van der Waals surface area contributed by atoms with Crippen LogP contribution >= 0.6 is 0 Å². The second kappa shape index (κ2) is 5.88. The number of sulfonamides is 1. The van der Waals surface area contributed by atoms with Gasteiger partial charge in [0.05, 0.1) is 13.2 Å². The number of hydrogen-bond acceptors (Lipinski definition) is 6. The Kier molecular flexibility index (Phi) is 4.12. The highest BCUT2D eigenvalue weighted by molar-refractivity contribution is 7.89. The number of aldehydes is 1. The molecular weight excluding hydrogens is 296 g/mol. The first kappa shape index (κ1) is 14.7. The first-order chi connectivity index (χ1) is 10.1. The van der Waals surface area contributed by atoms with E-state index in [2.05, 4.69) is 4.90 Å². The summed E-state index contributed by atoms with van der Waals surface area (Å²) in [5.41, 5.74) is 0. The van der Waals surface area contributed by atoms with Gasteiger partial charge in [0, 0.05) is 32.2 Å². The average molecular weight is 314 g/mol. The number of ether oxygens (including phenoxy) is 1. The minimum Gasteiger partial charge on any atom is -0.440 e. The molecule has 3 rings (SSSR count). The van der Waals surface area contributed by atoms with Crippen LogP contribution in [0.2, 0.25) is 0 Å². The van der Waals surface area contributed by atoms with Crippen molar-refractivity contribution in [1.82, 2.24) is 9.21 Å². The maximum atomic E-state index is 12.5. The molecule has 0 spiro atoms. The zero-order valence-electron chi connectivity index (χ0n) is 11.6. The Morgan fingerprint density at radius 3 is 2.62 bits per heavy atom. The average Bonchev–Trinajstić information content (AvgIpc) is 3.18. The van der Waals surface area contributed by atoms with E-state index < -0.39 is 10.0 Å². The molecule has 0 aliphatic carbocycles. The Morgan fingerprint density at radius 1 is 1.19 bits per heavy atom. The summed E-state index contributed by atoms with van der Waals surface area (Å²) in [5, 5.41) is -0.160. The standard InChI is InChI=1S/C13H18N2O5S/c16-10-12-1-2-13(20-12)21(17,18)15-4-3-11(9-15)14-5-7-19-8-6-14/h1-2,10-11H,3-9H2. The molecule has 2 aliphatic heterocycles. The van der Waals surface area contributed by atoms with Gasteiger partial charge in [-0.15, -0.1) is 0 Å². The topological polar surface area (TPSA) is 80.1 Å². The molecule has 21 heavy (non-hydrogen) atoms. The Hall–Kier alpha value is -1.22. The number of furan rings is 1. The van der Waals surface area contributed by atoms with E-state index >= 15 is 0 Å². The molecule has 2 fully saturated rings. The summed E-state index contributed by atoms with van der Waals surface area (Å²) >= 11 is 0. The molecular formula is C13H18N2O5S. The second-order valence-corrected chi connectivity index (χ2v) is 7.10. The fourth-order valence-electron chi connectivity index (χ4n) is 2.83. The molecule has 116 valence electrons. The van der Waals surface area contributed by atoms with E-state index in [1.54, 1.807) is 0 Å². The van der Waals surface area contributed by atoms with Gasteiger partial charge in [0.25, 0.3) is 10.0 Å². The summed E-state index contributed by atoms with van der Waals surface area (Å²) in [4.78, 5) is 12.9. The van der Waals surface area contributed by atoms with E-state index in [0.29, 0.717) is 32.6 Å². The minimum atomic E-state index is -3.65. The summed E-state index contributed by atoms with van der Waals surface area (Å²) in [7, 11) is -3.65. The Balaban J connectivity index is 1.70. The lowest BCUT2D eigenvalue weighted by Gasteiger charge is -2.31. The lowest BCUT2D eigenvalue weighted by atomic mass is 10.2. The van der Waals surface area contributed by atoms with Crippen LogP contribution in [0.4, 0.5) is 0 Å². The van der Waals surface area contributed by atoms with Gasteiger partial charge in [-0.05, 0) is 18.6 Å². The summed E-state index contributed by atoms with van der Waals surface area (Å²) < 4.78 is 36.7. The van der Waals surface area contributed by atoms with Crippen molar-refractivity contribution in [2.75, 3.05) is 39.4 Å². The van der Waals surface area contributed by atoms with Crippen LogP contribution in [0.15, 0.2) is 21.6 Å². The molecule has 3 heterocycles. The van der Waals surface area contributed by atoms with Gasteiger partial charge < -0.3 is 9.15 Å². The molecule has 1 aromatic heterocycles. The second-order valence-electron chi connectivity index (χ2n) is 5.23. The van der Waals surface area contributed by atoms with Gasteiger partial charge in [-0.3, -0.25) is 9.69 Å². The van der Waals surface area contributed by atoms with Crippen LogP contribution in [-0.2, 0) is 14.8 Å². The fraction of sp³-hybridized carbons (Fsp3) is 0.615. The van der Waals surface area contributed by atoms with Crippen molar-refractivity contribution in [3.05, 3.63) is 17.9 Å². The monoisotopic (exact) mass is 314 g/mol. The third-order valence-corrected chi connectivity index (χ3v) is 5.74. The third-order valence-electron chi connectivity index (χ3n) is 4.00. The van der Waals surface area contributed by atoms with Crippen LogP contribution in [0, 0.1) is 0 Å². The number of carbonyl (C=O) groups is 1. The number of carbonyl (C=O) groups excluding carboxylic acids is 1. The molecule has 0 bridgehead atoms. The zero-order chi connectivity index (χ0) is 14.9. The van der Waals surface area contributed by atoms with E-state index in [4.69, 9.17) is 9.15 Å². The highest BCUT2D eigenvalue weighted by Gasteiger charge is 2.37. The maximum Gasteiger partial charge on any atom is 0.276 e. The van der Waals surface area contributed by atoms with Crippen molar-refractivity contribution in [2.45, 2.75) is 17.6 Å². The van der Waals surface area contributed by atoms with Crippen LogP contribution in [0.5, 0.6) is 0 Å². The smallest absolute Gasteiger partial charge is 0.276 e. The van der Waals surface area contributed by atoms with Crippen LogP contribution in [0.1, 0.15) is 17.0 Å². The van der Waals surface area contributed by atoms with E-state index in [1.165, 1.54) is 16.4 Å². The highest BCUT2D eigenvalue weighted by atomic mass is 32.2. The van der Waals surface area contributed by atoms with E-state index in [0.717, 1.165) is 19.5 Å². The van der Waals surface area contributed by atoms with Crippen LogP contribution < -0.4 is 0 Å². The first-order valence-electron chi connectivity index (χ1n) is 6.98. The van der Waals surface area contributed by atoms with Gasteiger partial charge in [-0.25, -0.2) is 8.42 Å². The maximum absolute atomic E-state index is 12.5. The number of rotatable bonds is 4. The molecule has 0 N–H and O–H groups in total. The summed E-state index contributed by atoms with van der Waals surface area (Å²) in [6.45, 7) is 4.01. The lowest BCUT2D eigenvalue weighted by Crippen LogP contribution is -2.45. The summed E-state index contributed by atoms with van der Waals surface area (Å²) in [5.74, 6) is 0.0255. The van der Waals surface area contributed by atoms with Crippen LogP contribution in [0.3, 0.4) is 0 Å². The van der Waals surface area contributed by atoms with Gasteiger partial charge in [-0.2, -0.15) is 4.31 Å². The van der Waals surface area contributed by atoms with Crippen molar-refractivity contribution in [1.29, 1.82) is 0 Å². The van der Waals surface area contributed by atoms with Crippen molar-refractivity contribution in [2.24, 2.45) is 0 Å². The zero-order valence-corrected chi connectivity index (χ0v) is 12.4. The fourth-order valence-corrected chi connectivity index (χ4v) is 4.24. The molecule has 2 saturated heterocycles.